The molecule has 154 valence electrons. The molecule has 0 bridgehead atoms. The van der Waals surface area contributed by atoms with E-state index in [1.54, 1.807) is 30.0 Å². The summed E-state index contributed by atoms with van der Waals surface area (Å²) in [5.41, 5.74) is 0. The zero-order valence-electron chi connectivity index (χ0n) is 14.8. The first kappa shape index (κ1) is 22.9. The molecule has 1 amide bonds. The van der Waals surface area contributed by atoms with Crippen molar-refractivity contribution < 1.29 is 27.7 Å². The molecule has 2 aliphatic rings. The van der Waals surface area contributed by atoms with Crippen LogP contribution in [0.3, 0.4) is 0 Å². The summed E-state index contributed by atoms with van der Waals surface area (Å²) in [4.78, 5) is 26.5. The third-order valence-corrected chi connectivity index (χ3v) is 7.04. The van der Waals surface area contributed by atoms with Crippen LogP contribution < -0.4 is 0 Å². The van der Waals surface area contributed by atoms with E-state index in [0.29, 0.717) is 24.3 Å². The Kier molecular flexibility index (Phi) is 8.56. The molecule has 0 aromatic carbocycles. The smallest absolute Gasteiger partial charge is 0.323 e. The largest absolute Gasteiger partial charge is 0.480 e. The first-order valence-electron chi connectivity index (χ1n) is 8.34. The maximum Gasteiger partial charge on any atom is 0.323 e. The molecular weight excluding hydrogens is 444 g/mol. The van der Waals surface area contributed by atoms with E-state index < -0.39 is 28.5 Å². The van der Waals surface area contributed by atoms with Gasteiger partial charge >= 0.3 is 5.97 Å². The number of hydrogen-bond donors (Lipinski definition) is 2. The number of thiocarbonyl (C=S) groups is 1. The van der Waals surface area contributed by atoms with E-state index in [0.717, 1.165) is 34.0 Å². The van der Waals surface area contributed by atoms with Gasteiger partial charge in [-0.3, -0.25) is 19.0 Å². The van der Waals surface area contributed by atoms with Crippen molar-refractivity contribution in [3.05, 3.63) is 34.2 Å². The van der Waals surface area contributed by atoms with E-state index >= 15 is 0 Å². The number of carbonyl (C=O) groups excluding carboxylic acids is 1. The summed E-state index contributed by atoms with van der Waals surface area (Å²) in [5, 5.41) is 9.87. The van der Waals surface area contributed by atoms with Crippen molar-refractivity contribution in [2.75, 3.05) is 31.1 Å². The summed E-state index contributed by atoms with van der Waals surface area (Å²) in [7, 11) is -3.91. The topological polar surface area (TPSA) is 115 Å². The van der Waals surface area contributed by atoms with E-state index in [-0.39, 0.29) is 10.1 Å². The van der Waals surface area contributed by atoms with Gasteiger partial charge in [-0.2, -0.15) is 8.42 Å². The fourth-order valence-electron chi connectivity index (χ4n) is 2.49. The Morgan fingerprint density at radius 3 is 2.64 bits per heavy atom. The first-order valence-corrected chi connectivity index (χ1v) is 12.2. The highest BCUT2D eigenvalue weighted by molar-refractivity contribution is 8.26. The standard InChI is InChI=1S/C16H20N2O6S4/c19-14(20)11-18-15(21)12(27-16(18)25)5-1-2-6-13-17(8-9-26-13)7-3-4-10-28(22,23)24/h1-2,5-6H,3-4,7-11H2,(H,19,20)(H,22,23,24). The monoisotopic (exact) mass is 464 g/mol. The average molecular weight is 465 g/mol. The van der Waals surface area contributed by atoms with Crippen LogP contribution in [0.4, 0.5) is 0 Å². The van der Waals surface area contributed by atoms with Crippen LogP contribution in [0.25, 0.3) is 0 Å². The van der Waals surface area contributed by atoms with E-state index in [1.165, 1.54) is 0 Å². The van der Waals surface area contributed by atoms with Crippen molar-refractivity contribution in [1.82, 2.24) is 9.80 Å². The Balaban J connectivity index is 1.88. The minimum Gasteiger partial charge on any atom is -0.480 e. The second-order valence-electron chi connectivity index (χ2n) is 5.90. The maximum absolute atomic E-state index is 12.1. The molecule has 2 rings (SSSR count). The number of carboxylic acid groups (broad SMARTS) is 1. The average Bonchev–Trinajstić information content (AvgIpc) is 3.14. The van der Waals surface area contributed by atoms with Crippen molar-refractivity contribution in [2.45, 2.75) is 12.8 Å². The van der Waals surface area contributed by atoms with Crippen molar-refractivity contribution in [2.24, 2.45) is 0 Å². The van der Waals surface area contributed by atoms with Gasteiger partial charge in [0.25, 0.3) is 16.0 Å². The van der Waals surface area contributed by atoms with Crippen molar-refractivity contribution >= 4 is 62.1 Å². The lowest BCUT2D eigenvalue weighted by Gasteiger charge is -2.18. The summed E-state index contributed by atoms with van der Waals surface area (Å²) in [6.07, 6.45) is 8.08. The molecule has 28 heavy (non-hydrogen) atoms. The van der Waals surface area contributed by atoms with Crippen molar-refractivity contribution in [1.29, 1.82) is 0 Å². The van der Waals surface area contributed by atoms with Crippen LogP contribution in [0.15, 0.2) is 34.2 Å². The maximum atomic E-state index is 12.1. The number of thioether (sulfide) groups is 2. The molecule has 8 nitrogen and oxygen atoms in total. The van der Waals surface area contributed by atoms with Gasteiger partial charge in [0, 0.05) is 18.8 Å². The van der Waals surface area contributed by atoms with Crippen LogP contribution in [0.5, 0.6) is 0 Å². The molecule has 0 aliphatic carbocycles. The predicted molar refractivity (Wildman–Crippen MR) is 115 cm³/mol. The van der Waals surface area contributed by atoms with Gasteiger partial charge < -0.3 is 10.0 Å². The molecule has 2 fully saturated rings. The zero-order chi connectivity index (χ0) is 20.7. The number of rotatable bonds is 9. The van der Waals surface area contributed by atoms with E-state index in [4.69, 9.17) is 21.9 Å². The highest BCUT2D eigenvalue weighted by Gasteiger charge is 2.32. The number of unbranched alkanes of at least 4 members (excludes halogenated alkanes) is 1. The zero-order valence-corrected chi connectivity index (χ0v) is 18.1. The second-order valence-corrected chi connectivity index (χ2v) is 10.3. The molecule has 0 aromatic rings. The first-order chi connectivity index (χ1) is 13.2. The highest BCUT2D eigenvalue weighted by atomic mass is 32.2. The Labute approximate surface area is 177 Å². The predicted octanol–water partition coefficient (Wildman–Crippen LogP) is 1.93. The number of aliphatic carboxylic acids is 1. The molecule has 0 unspecified atom stereocenters. The summed E-state index contributed by atoms with van der Waals surface area (Å²) >= 11 is 7.79. The molecule has 2 saturated heterocycles. The van der Waals surface area contributed by atoms with Gasteiger partial charge in [-0.15, -0.1) is 11.8 Å². The summed E-state index contributed by atoms with van der Waals surface area (Å²) in [5.74, 6) is -0.822. The Morgan fingerprint density at radius 1 is 1.25 bits per heavy atom. The quantitative estimate of drug-likeness (QED) is 0.227. The van der Waals surface area contributed by atoms with E-state index in [9.17, 15) is 18.0 Å². The minimum atomic E-state index is -3.91. The number of carboxylic acids is 1. The fraction of sp³-hybridized carbons (Fsp3) is 0.438. The fourth-order valence-corrected chi connectivity index (χ4v) is 5.33. The molecule has 0 spiro atoms. The highest BCUT2D eigenvalue weighted by Crippen LogP contribution is 2.31. The molecule has 0 radical (unpaired) electrons. The SMILES string of the molecule is O=C(O)CN1C(=O)C(=CC=CC=C2SCCN2CCCCS(=O)(=O)O)SC1=S. The molecule has 2 heterocycles. The second kappa shape index (κ2) is 10.4. The van der Waals surface area contributed by atoms with Gasteiger partial charge in [-0.25, -0.2) is 0 Å². The van der Waals surface area contributed by atoms with Crippen LogP contribution >= 0.6 is 35.7 Å². The Morgan fingerprint density at radius 2 is 1.96 bits per heavy atom. The van der Waals surface area contributed by atoms with Crippen LogP contribution in [-0.4, -0.2) is 75.2 Å². The molecule has 2 aliphatic heterocycles. The van der Waals surface area contributed by atoms with Crippen molar-refractivity contribution in [3.8, 4) is 0 Å². The van der Waals surface area contributed by atoms with Gasteiger partial charge in [0.2, 0.25) is 0 Å². The number of nitrogens with zero attached hydrogens (tertiary/aromatic N) is 2. The van der Waals surface area contributed by atoms with Crippen molar-refractivity contribution in [3.63, 3.8) is 0 Å². The van der Waals surface area contributed by atoms with Crippen LogP contribution in [-0.2, 0) is 19.7 Å². The number of carbonyl (C=O) groups is 2. The lowest BCUT2D eigenvalue weighted by Crippen LogP contribution is -2.33. The van der Waals surface area contributed by atoms with Gasteiger partial charge in [0.05, 0.1) is 15.7 Å². The summed E-state index contributed by atoms with van der Waals surface area (Å²) in [6.45, 7) is 1.12. The molecule has 0 aromatic heterocycles. The number of amides is 1. The van der Waals surface area contributed by atoms with Crippen LogP contribution in [0.1, 0.15) is 12.8 Å². The molecule has 0 atom stereocenters. The summed E-state index contributed by atoms with van der Waals surface area (Å²) in [6, 6.07) is 0. The lowest BCUT2D eigenvalue weighted by molar-refractivity contribution is -0.140. The van der Waals surface area contributed by atoms with Gasteiger partial charge in [0.1, 0.15) is 10.9 Å². The molecule has 0 saturated carbocycles. The van der Waals surface area contributed by atoms with E-state index in [2.05, 4.69) is 4.90 Å². The van der Waals surface area contributed by atoms with Crippen LogP contribution in [0, 0.1) is 0 Å². The van der Waals surface area contributed by atoms with E-state index in [1.807, 2.05) is 6.08 Å². The van der Waals surface area contributed by atoms with Gasteiger partial charge in [0.15, 0.2) is 0 Å². The Bertz CT molecular complexity index is 834. The van der Waals surface area contributed by atoms with Crippen LogP contribution in [0.2, 0.25) is 0 Å². The molecular formula is C16H20N2O6S4. The minimum absolute atomic E-state index is 0.229. The van der Waals surface area contributed by atoms with Gasteiger partial charge in [-0.1, -0.05) is 36.1 Å². The third kappa shape index (κ3) is 7.24. The van der Waals surface area contributed by atoms with Gasteiger partial charge in [-0.05, 0) is 25.0 Å². The molecule has 12 heteroatoms. The lowest BCUT2D eigenvalue weighted by atomic mass is 10.3. The normalized spacial score (nSPS) is 21.0. The number of hydrogen-bond acceptors (Lipinski definition) is 8. The third-order valence-electron chi connectivity index (χ3n) is 3.77. The number of allylic oxidation sites excluding steroid dienone is 4. The molecule has 2 N–H and O–H groups in total. The Hall–Kier alpha value is -1.34. The summed E-state index contributed by atoms with van der Waals surface area (Å²) < 4.78 is 30.5.